The maximum absolute atomic E-state index is 13.2. The van der Waals surface area contributed by atoms with Crippen molar-refractivity contribution in [2.24, 2.45) is 0 Å². The van der Waals surface area contributed by atoms with Crippen LogP contribution in [0.3, 0.4) is 0 Å². The van der Waals surface area contributed by atoms with E-state index in [0.717, 1.165) is 4.90 Å². The number of nitrogens with one attached hydrogen (secondary N) is 3. The predicted molar refractivity (Wildman–Crippen MR) is 162 cm³/mol. The van der Waals surface area contributed by atoms with E-state index in [9.17, 15) is 24.5 Å². The van der Waals surface area contributed by atoms with Gasteiger partial charge in [-0.05, 0) is 72.3 Å². The van der Waals surface area contributed by atoms with E-state index in [-0.39, 0.29) is 23.0 Å². The van der Waals surface area contributed by atoms with Gasteiger partial charge in [-0.2, -0.15) is 0 Å². The first kappa shape index (κ1) is 29.6. The van der Waals surface area contributed by atoms with Crippen molar-refractivity contribution in [3.63, 3.8) is 0 Å². The molecule has 0 unspecified atom stereocenters. The van der Waals surface area contributed by atoms with Gasteiger partial charge in [0.2, 0.25) is 5.91 Å². The topological polar surface area (TPSA) is 140 Å². The number of nitro benzene ring substituents is 1. The Bertz CT molecular complexity index is 1590. The van der Waals surface area contributed by atoms with Crippen LogP contribution in [0.4, 0.5) is 17.1 Å². The fourth-order valence-electron chi connectivity index (χ4n) is 3.65. The maximum Gasteiger partial charge on any atom is 0.272 e. The fourth-order valence-corrected chi connectivity index (χ4v) is 4.35. The van der Waals surface area contributed by atoms with Crippen LogP contribution in [0.2, 0.25) is 0 Å². The van der Waals surface area contributed by atoms with Crippen molar-refractivity contribution in [3.05, 3.63) is 130 Å². The summed E-state index contributed by atoms with van der Waals surface area (Å²) >= 11 is 1.29. The number of ether oxygens (including phenoxy) is 1. The second-order valence-electron chi connectivity index (χ2n) is 8.77. The quantitative estimate of drug-likeness (QED) is 0.0886. The first-order valence-corrected chi connectivity index (χ1v) is 13.6. The summed E-state index contributed by atoms with van der Waals surface area (Å²) in [5, 5.41) is 19.0. The molecule has 0 saturated carbocycles. The number of benzene rings is 4. The molecule has 10 nitrogen and oxygen atoms in total. The van der Waals surface area contributed by atoms with Crippen molar-refractivity contribution in [1.82, 2.24) is 5.32 Å². The minimum absolute atomic E-state index is 0.0513. The maximum atomic E-state index is 13.2. The third-order valence-corrected chi connectivity index (χ3v) is 6.81. The second kappa shape index (κ2) is 14.3. The molecule has 42 heavy (non-hydrogen) atoms. The van der Waals surface area contributed by atoms with Gasteiger partial charge in [-0.15, -0.1) is 11.8 Å². The van der Waals surface area contributed by atoms with E-state index in [1.807, 2.05) is 0 Å². The lowest BCUT2D eigenvalue weighted by Gasteiger charge is -2.12. The summed E-state index contributed by atoms with van der Waals surface area (Å²) in [5.41, 5.74) is 2.04. The summed E-state index contributed by atoms with van der Waals surface area (Å²) < 4.78 is 5.19. The molecule has 0 heterocycles. The van der Waals surface area contributed by atoms with Gasteiger partial charge in [-0.25, -0.2) is 0 Å². The number of thioether (sulfide) groups is 1. The van der Waals surface area contributed by atoms with Gasteiger partial charge < -0.3 is 20.7 Å². The highest BCUT2D eigenvalue weighted by Crippen LogP contribution is 2.22. The summed E-state index contributed by atoms with van der Waals surface area (Å²) in [6, 6.07) is 28.1. The number of carbonyl (C=O) groups is 3. The van der Waals surface area contributed by atoms with E-state index in [0.29, 0.717) is 28.3 Å². The number of carbonyl (C=O) groups excluding carboxylic acids is 3. The van der Waals surface area contributed by atoms with Crippen LogP contribution in [0.1, 0.15) is 15.9 Å². The molecule has 0 saturated heterocycles. The highest BCUT2D eigenvalue weighted by atomic mass is 32.2. The molecule has 0 bridgehead atoms. The molecule has 212 valence electrons. The van der Waals surface area contributed by atoms with Crippen LogP contribution < -0.4 is 20.7 Å². The minimum atomic E-state index is -0.516. The monoisotopic (exact) mass is 582 g/mol. The predicted octanol–water partition coefficient (Wildman–Crippen LogP) is 5.74. The fraction of sp³-hybridized carbons (Fsp3) is 0.0645. The number of hydrogen-bond donors (Lipinski definition) is 3. The average Bonchev–Trinajstić information content (AvgIpc) is 3.01. The Morgan fingerprint density at radius 1 is 0.833 bits per heavy atom. The van der Waals surface area contributed by atoms with E-state index in [2.05, 4.69) is 16.0 Å². The van der Waals surface area contributed by atoms with Gasteiger partial charge in [0.1, 0.15) is 11.4 Å². The molecule has 0 atom stereocenters. The van der Waals surface area contributed by atoms with Crippen molar-refractivity contribution in [2.75, 3.05) is 23.5 Å². The third kappa shape index (κ3) is 8.54. The molecule has 0 aliphatic heterocycles. The number of methoxy groups -OCH3 is 1. The van der Waals surface area contributed by atoms with Gasteiger partial charge >= 0.3 is 0 Å². The van der Waals surface area contributed by atoms with Crippen LogP contribution >= 0.6 is 11.8 Å². The number of amides is 3. The van der Waals surface area contributed by atoms with Gasteiger partial charge in [-0.3, -0.25) is 24.5 Å². The van der Waals surface area contributed by atoms with Gasteiger partial charge in [0.15, 0.2) is 0 Å². The summed E-state index contributed by atoms with van der Waals surface area (Å²) in [7, 11) is 1.56. The van der Waals surface area contributed by atoms with Crippen molar-refractivity contribution in [1.29, 1.82) is 0 Å². The number of rotatable bonds is 11. The van der Waals surface area contributed by atoms with Crippen LogP contribution in [-0.2, 0) is 9.59 Å². The Balaban J connectivity index is 1.38. The zero-order valence-corrected chi connectivity index (χ0v) is 23.2. The molecule has 0 aromatic heterocycles. The van der Waals surface area contributed by atoms with E-state index < -0.39 is 16.7 Å². The first-order chi connectivity index (χ1) is 20.3. The first-order valence-electron chi connectivity index (χ1n) is 12.6. The largest absolute Gasteiger partial charge is 0.497 e. The molecule has 0 spiro atoms. The number of nitrogens with zero attached hydrogens (tertiary/aromatic N) is 1. The van der Waals surface area contributed by atoms with Crippen molar-refractivity contribution >= 4 is 52.6 Å². The molecule has 11 heteroatoms. The molecular weight excluding hydrogens is 556 g/mol. The van der Waals surface area contributed by atoms with Crippen LogP contribution in [0, 0.1) is 10.1 Å². The summed E-state index contributed by atoms with van der Waals surface area (Å²) in [5.74, 6) is -0.438. The number of nitro groups is 1. The Kier molecular flexibility index (Phi) is 10.1. The summed E-state index contributed by atoms with van der Waals surface area (Å²) in [4.78, 5) is 49.4. The second-order valence-corrected chi connectivity index (χ2v) is 9.82. The number of hydrogen-bond acceptors (Lipinski definition) is 7. The molecule has 0 radical (unpaired) electrons. The Morgan fingerprint density at radius 2 is 1.45 bits per heavy atom. The lowest BCUT2D eigenvalue weighted by atomic mass is 10.1. The lowest BCUT2D eigenvalue weighted by Crippen LogP contribution is -2.30. The zero-order chi connectivity index (χ0) is 29.9. The summed E-state index contributed by atoms with van der Waals surface area (Å²) in [6.45, 7) is 0. The molecule has 4 aromatic carbocycles. The summed E-state index contributed by atoms with van der Waals surface area (Å²) in [6.07, 6.45) is 1.57. The van der Waals surface area contributed by atoms with E-state index in [1.165, 1.54) is 36.0 Å². The molecule has 0 fully saturated rings. The Labute approximate surface area is 245 Å². The Hall–Kier alpha value is -5.42. The molecule has 3 amide bonds. The van der Waals surface area contributed by atoms with Crippen LogP contribution in [-0.4, -0.2) is 35.5 Å². The van der Waals surface area contributed by atoms with Crippen LogP contribution in [0.15, 0.2) is 114 Å². The highest BCUT2D eigenvalue weighted by Gasteiger charge is 2.15. The van der Waals surface area contributed by atoms with Crippen molar-refractivity contribution < 1.29 is 24.0 Å². The van der Waals surface area contributed by atoms with Crippen LogP contribution in [0.25, 0.3) is 6.08 Å². The third-order valence-electron chi connectivity index (χ3n) is 5.80. The van der Waals surface area contributed by atoms with E-state index in [1.54, 1.807) is 92.0 Å². The molecule has 0 aliphatic carbocycles. The van der Waals surface area contributed by atoms with Gasteiger partial charge in [-0.1, -0.05) is 30.3 Å². The lowest BCUT2D eigenvalue weighted by molar-refractivity contribution is -0.384. The number of anilines is 2. The molecule has 3 N–H and O–H groups in total. The molecule has 4 aromatic rings. The average molecular weight is 583 g/mol. The molecule has 0 aliphatic rings. The van der Waals surface area contributed by atoms with Gasteiger partial charge in [0.25, 0.3) is 17.5 Å². The highest BCUT2D eigenvalue weighted by molar-refractivity contribution is 8.00. The SMILES string of the molecule is COc1ccc(/C=C(\NC(=O)c2ccccc2)C(=O)Nc2ccc(SCC(=O)Nc3ccc([N+](=O)[O-])cc3)cc2)cc1. The van der Waals surface area contributed by atoms with Crippen LogP contribution in [0.5, 0.6) is 5.75 Å². The van der Waals surface area contributed by atoms with Gasteiger partial charge in [0, 0.05) is 34.0 Å². The number of non-ortho nitro benzene ring substituents is 1. The minimum Gasteiger partial charge on any atom is -0.497 e. The Morgan fingerprint density at radius 3 is 2.07 bits per heavy atom. The van der Waals surface area contributed by atoms with Gasteiger partial charge in [0.05, 0.1) is 17.8 Å². The normalized spacial score (nSPS) is 10.8. The van der Waals surface area contributed by atoms with Crippen molar-refractivity contribution in [3.8, 4) is 5.75 Å². The standard InChI is InChI=1S/C31H26N4O6S/c1-41-26-15-7-21(8-16-26)19-28(34-30(37)22-5-3-2-4-6-22)31(38)33-24-11-17-27(18-12-24)42-20-29(36)32-23-9-13-25(14-10-23)35(39)40/h2-19H,20H2,1H3,(H,32,36)(H,33,38)(H,34,37)/b28-19-. The molecule has 4 rings (SSSR count). The molecular formula is C31H26N4O6S. The van der Waals surface area contributed by atoms with Crippen molar-refractivity contribution in [2.45, 2.75) is 4.90 Å². The van der Waals surface area contributed by atoms with E-state index in [4.69, 9.17) is 4.74 Å². The zero-order valence-electron chi connectivity index (χ0n) is 22.4. The smallest absolute Gasteiger partial charge is 0.272 e. The van der Waals surface area contributed by atoms with E-state index >= 15 is 0 Å².